The van der Waals surface area contributed by atoms with Gasteiger partial charge in [0.1, 0.15) is 0 Å². The fourth-order valence-electron chi connectivity index (χ4n) is 1.88. The highest BCUT2D eigenvalue weighted by Crippen LogP contribution is 2.32. The summed E-state index contributed by atoms with van der Waals surface area (Å²) in [5.41, 5.74) is 0.826. The molecule has 2 rings (SSSR count). The molecule has 0 spiro atoms. The van der Waals surface area contributed by atoms with Crippen LogP contribution in [0.25, 0.3) is 0 Å². The van der Waals surface area contributed by atoms with Crippen LogP contribution in [0.2, 0.25) is 15.1 Å². The predicted octanol–water partition coefficient (Wildman–Crippen LogP) is 4.49. The summed E-state index contributed by atoms with van der Waals surface area (Å²) in [4.78, 5) is 0. The topological polar surface area (TPSA) is 21.3 Å². The Morgan fingerprint density at radius 3 is 2.65 bits per heavy atom. The van der Waals surface area contributed by atoms with Gasteiger partial charge in [-0.25, -0.2) is 0 Å². The summed E-state index contributed by atoms with van der Waals surface area (Å²) < 4.78 is 5.42. The zero-order chi connectivity index (χ0) is 12.3. The van der Waals surface area contributed by atoms with E-state index in [-0.39, 0.29) is 0 Å². The highest BCUT2D eigenvalue weighted by Gasteiger charge is 2.14. The summed E-state index contributed by atoms with van der Waals surface area (Å²) in [6.45, 7) is 2.54. The predicted molar refractivity (Wildman–Crippen MR) is 73.5 cm³/mol. The molecule has 0 aliphatic carbocycles. The lowest BCUT2D eigenvalue weighted by molar-refractivity contribution is 0.0595. The lowest BCUT2D eigenvalue weighted by atomic mass is 10.0. The van der Waals surface area contributed by atoms with E-state index in [9.17, 15) is 0 Å². The van der Waals surface area contributed by atoms with Crippen molar-refractivity contribution in [3.05, 3.63) is 27.2 Å². The Balaban J connectivity index is 1.96. The van der Waals surface area contributed by atoms with E-state index in [1.165, 1.54) is 6.42 Å². The van der Waals surface area contributed by atoms with Crippen LogP contribution in [0.1, 0.15) is 12.8 Å². The van der Waals surface area contributed by atoms with Crippen molar-refractivity contribution in [3.8, 4) is 0 Å². The van der Waals surface area contributed by atoms with Crippen molar-refractivity contribution in [3.63, 3.8) is 0 Å². The van der Waals surface area contributed by atoms with Crippen LogP contribution in [-0.2, 0) is 4.74 Å². The molecule has 0 radical (unpaired) electrons. The molecule has 0 aromatic heterocycles. The minimum atomic E-state index is 0.475. The molecule has 5 heteroatoms. The Morgan fingerprint density at radius 2 is 1.94 bits per heavy atom. The van der Waals surface area contributed by atoms with Gasteiger partial charge in [-0.15, -0.1) is 0 Å². The summed E-state index contributed by atoms with van der Waals surface area (Å²) in [5, 5.41) is 4.88. The third-order valence-electron chi connectivity index (χ3n) is 2.85. The zero-order valence-corrected chi connectivity index (χ0v) is 11.6. The minimum Gasteiger partial charge on any atom is -0.383 e. The molecule has 1 unspecified atom stereocenters. The van der Waals surface area contributed by atoms with E-state index in [1.807, 2.05) is 0 Å². The second-order valence-electron chi connectivity index (χ2n) is 4.21. The summed E-state index contributed by atoms with van der Waals surface area (Å²) in [7, 11) is 0. The molecule has 1 aliphatic heterocycles. The van der Waals surface area contributed by atoms with E-state index in [2.05, 4.69) is 5.32 Å². The Morgan fingerprint density at radius 1 is 1.18 bits per heavy atom. The second kappa shape index (κ2) is 6.14. The maximum atomic E-state index is 6.08. The molecule has 17 heavy (non-hydrogen) atoms. The lowest BCUT2D eigenvalue weighted by Gasteiger charge is -2.23. The van der Waals surface area contributed by atoms with E-state index < -0.39 is 0 Å². The fraction of sp³-hybridized carbons (Fsp3) is 0.500. The summed E-state index contributed by atoms with van der Waals surface area (Å²) in [6.07, 6.45) is 2.31. The molecule has 1 aromatic rings. The molecular formula is C12H14Cl3NO. The van der Waals surface area contributed by atoms with Crippen LogP contribution < -0.4 is 5.32 Å². The molecule has 1 saturated heterocycles. The van der Waals surface area contributed by atoms with Crippen molar-refractivity contribution in [1.29, 1.82) is 0 Å². The first-order chi connectivity index (χ1) is 8.16. The third kappa shape index (κ3) is 3.65. The number of nitrogens with one attached hydrogen (secondary N) is 1. The maximum Gasteiger partial charge on any atom is 0.0653 e. The van der Waals surface area contributed by atoms with Crippen molar-refractivity contribution in [2.75, 3.05) is 25.1 Å². The maximum absolute atomic E-state index is 6.08. The van der Waals surface area contributed by atoms with E-state index in [4.69, 9.17) is 39.5 Å². The summed E-state index contributed by atoms with van der Waals surface area (Å²) in [5.74, 6) is 0.536. The number of anilines is 1. The average Bonchev–Trinajstić information content (AvgIpc) is 2.33. The summed E-state index contributed by atoms with van der Waals surface area (Å²) >= 11 is 17.9. The van der Waals surface area contributed by atoms with Crippen LogP contribution in [0, 0.1) is 5.92 Å². The van der Waals surface area contributed by atoms with Crippen molar-refractivity contribution in [2.24, 2.45) is 5.92 Å². The molecule has 1 atom stereocenters. The number of hydrogen-bond donors (Lipinski definition) is 1. The van der Waals surface area contributed by atoms with Crippen LogP contribution in [-0.4, -0.2) is 19.8 Å². The van der Waals surface area contributed by atoms with Gasteiger partial charge in [0.15, 0.2) is 0 Å². The lowest BCUT2D eigenvalue weighted by Crippen LogP contribution is -2.24. The molecule has 1 heterocycles. The molecule has 0 saturated carbocycles. The molecule has 0 amide bonds. The van der Waals surface area contributed by atoms with Crippen LogP contribution in [0.15, 0.2) is 12.1 Å². The number of rotatable bonds is 3. The van der Waals surface area contributed by atoms with Crippen LogP contribution >= 0.6 is 34.8 Å². The Kier molecular flexibility index (Phi) is 4.80. The van der Waals surface area contributed by atoms with Crippen LogP contribution in [0.3, 0.4) is 0 Å². The monoisotopic (exact) mass is 293 g/mol. The van der Waals surface area contributed by atoms with Gasteiger partial charge in [-0.3, -0.25) is 0 Å². The van der Waals surface area contributed by atoms with Crippen LogP contribution in [0.5, 0.6) is 0 Å². The van der Waals surface area contributed by atoms with E-state index in [0.717, 1.165) is 31.9 Å². The molecule has 1 fully saturated rings. The van der Waals surface area contributed by atoms with Crippen molar-refractivity contribution in [1.82, 2.24) is 0 Å². The Labute approximate surface area is 116 Å². The van der Waals surface area contributed by atoms with E-state index >= 15 is 0 Å². The van der Waals surface area contributed by atoms with Crippen molar-refractivity contribution < 1.29 is 4.74 Å². The first kappa shape index (κ1) is 13.3. The molecule has 2 nitrogen and oxygen atoms in total. The van der Waals surface area contributed by atoms with E-state index in [1.54, 1.807) is 12.1 Å². The van der Waals surface area contributed by atoms with Crippen molar-refractivity contribution >= 4 is 40.5 Å². The van der Waals surface area contributed by atoms with Gasteiger partial charge in [0.25, 0.3) is 0 Å². The third-order valence-corrected chi connectivity index (χ3v) is 3.88. The standard InChI is InChI=1S/C12H14Cl3NO/c13-9-4-11(15)12(5-10(9)14)16-6-8-2-1-3-17-7-8/h4-5,8,16H,1-3,6-7H2. The first-order valence-corrected chi connectivity index (χ1v) is 6.76. The van der Waals surface area contributed by atoms with Gasteiger partial charge in [-0.05, 0) is 30.9 Å². The second-order valence-corrected chi connectivity index (χ2v) is 5.43. The molecule has 1 N–H and O–H groups in total. The minimum absolute atomic E-state index is 0.475. The molecule has 1 aliphatic rings. The normalized spacial score (nSPS) is 20.3. The summed E-state index contributed by atoms with van der Waals surface area (Å²) in [6, 6.07) is 3.42. The van der Waals surface area contributed by atoms with Crippen LogP contribution in [0.4, 0.5) is 5.69 Å². The van der Waals surface area contributed by atoms with Gasteiger partial charge in [0.2, 0.25) is 0 Å². The van der Waals surface area contributed by atoms with E-state index in [0.29, 0.717) is 21.0 Å². The number of benzene rings is 1. The van der Waals surface area contributed by atoms with Gasteiger partial charge in [-0.2, -0.15) is 0 Å². The van der Waals surface area contributed by atoms with Crippen molar-refractivity contribution in [2.45, 2.75) is 12.8 Å². The molecular weight excluding hydrogens is 280 g/mol. The number of halogens is 3. The average molecular weight is 295 g/mol. The number of hydrogen-bond acceptors (Lipinski definition) is 2. The number of ether oxygens (including phenoxy) is 1. The highest BCUT2D eigenvalue weighted by molar-refractivity contribution is 6.44. The van der Waals surface area contributed by atoms with Gasteiger partial charge < -0.3 is 10.1 Å². The quantitative estimate of drug-likeness (QED) is 0.830. The molecule has 0 bridgehead atoms. The SMILES string of the molecule is Clc1cc(Cl)c(NCC2CCCOC2)cc1Cl. The van der Waals surface area contributed by atoms with Gasteiger partial charge in [0, 0.05) is 13.2 Å². The smallest absolute Gasteiger partial charge is 0.0653 e. The van der Waals surface area contributed by atoms with Gasteiger partial charge >= 0.3 is 0 Å². The molecule has 94 valence electrons. The largest absolute Gasteiger partial charge is 0.383 e. The van der Waals surface area contributed by atoms with Gasteiger partial charge in [-0.1, -0.05) is 34.8 Å². The Hall–Kier alpha value is -0.150. The van der Waals surface area contributed by atoms with Gasteiger partial charge in [0.05, 0.1) is 27.4 Å². The zero-order valence-electron chi connectivity index (χ0n) is 9.31. The molecule has 1 aromatic carbocycles. The Bertz CT molecular complexity index is 392. The first-order valence-electron chi connectivity index (χ1n) is 5.63. The fourth-order valence-corrected chi connectivity index (χ4v) is 2.49. The highest BCUT2D eigenvalue weighted by atomic mass is 35.5.